The van der Waals surface area contributed by atoms with Crippen LogP contribution < -0.4 is 5.48 Å². The van der Waals surface area contributed by atoms with E-state index in [1.165, 1.54) is 11.1 Å². The Bertz CT molecular complexity index is 818. The first-order valence-electron chi connectivity index (χ1n) is 12.1. The van der Waals surface area contributed by atoms with Gasteiger partial charge < -0.3 is 25.3 Å². The largest absolute Gasteiger partial charge is 0.392 e. The minimum Gasteiger partial charge on any atom is -0.392 e. The highest BCUT2D eigenvalue weighted by molar-refractivity contribution is 5.99. The van der Waals surface area contributed by atoms with E-state index in [9.17, 15) is 30.0 Å². The fraction of sp³-hybridized carbons (Fsp3) is 0.667. The number of carbonyl (C=O) groups excluding carboxylic acids is 2. The van der Waals surface area contributed by atoms with Crippen LogP contribution in [-0.4, -0.2) is 106 Å². The lowest BCUT2D eigenvalue weighted by atomic mass is 10.0. The molecule has 198 valence electrons. The van der Waals surface area contributed by atoms with Crippen LogP contribution in [0.15, 0.2) is 18.2 Å². The van der Waals surface area contributed by atoms with Crippen molar-refractivity contribution in [3.8, 4) is 0 Å². The Balaban J connectivity index is 1.86. The Labute approximate surface area is 206 Å². The predicted molar refractivity (Wildman–Crippen MR) is 127 cm³/mol. The first-order chi connectivity index (χ1) is 16.7. The fourth-order valence-corrected chi connectivity index (χ4v) is 3.79. The minimum atomic E-state index is -1.58. The number of hydrogen-bond donors (Lipinski definition) is 5. The Morgan fingerprint density at radius 3 is 2.31 bits per heavy atom. The molecule has 0 bridgehead atoms. The smallest absolute Gasteiger partial charge is 0.274 e. The highest BCUT2D eigenvalue weighted by atomic mass is 16.7. The molecule has 2 rings (SSSR count). The van der Waals surface area contributed by atoms with Crippen molar-refractivity contribution in [2.24, 2.45) is 0 Å². The first kappa shape index (κ1) is 29.1. The van der Waals surface area contributed by atoms with Gasteiger partial charge in [0.1, 0.15) is 24.9 Å². The van der Waals surface area contributed by atoms with Crippen molar-refractivity contribution < 1.29 is 39.7 Å². The van der Waals surface area contributed by atoms with Crippen LogP contribution >= 0.6 is 0 Å². The Kier molecular flexibility index (Phi) is 12.0. The van der Waals surface area contributed by atoms with Gasteiger partial charge in [-0.2, -0.15) is 5.06 Å². The molecular weight excluding hydrogens is 458 g/mol. The number of hydrogen-bond acceptors (Lipinski definition) is 9. The number of aliphatic hydroxyl groups is 4. The van der Waals surface area contributed by atoms with Crippen LogP contribution in [0.1, 0.15) is 59.4 Å². The Morgan fingerprint density at radius 1 is 1.09 bits per heavy atom. The SMILES string of the molecule is CCCN(CCC)C(=O)c1cc(C)cc(C(=O)NOC[C@H](O)[C@H](O)[C@H](O)CON2CCC(O)C2)c1. The molecule has 1 aromatic carbocycles. The first-order valence-corrected chi connectivity index (χ1v) is 12.1. The minimum absolute atomic E-state index is 0.148. The molecule has 0 saturated carbocycles. The summed E-state index contributed by atoms with van der Waals surface area (Å²) in [6, 6.07) is 4.83. The lowest BCUT2D eigenvalue weighted by Gasteiger charge is -2.24. The standard InChI is InChI=1S/C24H39N3O8/c1-4-7-26(8-5-2)24(33)18-11-16(3)10-17(12-18)23(32)25-34-14-20(29)22(31)21(30)15-35-27-9-6-19(28)13-27/h10-12,19-22,28-31H,4-9,13-15H2,1-3H3,(H,25,32)/t19?,20-,21+,22-/m0/s1. The Hall–Kier alpha value is -2.12. The fourth-order valence-electron chi connectivity index (χ4n) is 3.79. The van der Waals surface area contributed by atoms with Gasteiger partial charge in [0, 0.05) is 30.8 Å². The zero-order valence-electron chi connectivity index (χ0n) is 20.7. The summed E-state index contributed by atoms with van der Waals surface area (Å²) < 4.78 is 0. The van der Waals surface area contributed by atoms with Crippen LogP contribution in [0.2, 0.25) is 0 Å². The number of amides is 2. The van der Waals surface area contributed by atoms with Crippen molar-refractivity contribution in [1.82, 2.24) is 15.4 Å². The zero-order chi connectivity index (χ0) is 26.0. The van der Waals surface area contributed by atoms with Gasteiger partial charge in [0.15, 0.2) is 0 Å². The van der Waals surface area contributed by atoms with Gasteiger partial charge in [-0.3, -0.25) is 19.3 Å². The van der Waals surface area contributed by atoms with Gasteiger partial charge in [0.2, 0.25) is 0 Å². The van der Waals surface area contributed by atoms with Crippen molar-refractivity contribution in [2.75, 3.05) is 39.4 Å². The number of nitrogens with zero attached hydrogens (tertiary/aromatic N) is 2. The van der Waals surface area contributed by atoms with Gasteiger partial charge in [-0.25, -0.2) is 5.48 Å². The van der Waals surface area contributed by atoms with Gasteiger partial charge in [-0.05, 0) is 49.9 Å². The molecule has 35 heavy (non-hydrogen) atoms. The number of β-amino-alcohol motifs (C(OH)–C–C–N with tert-alkyl or cyclic N) is 1. The van der Waals surface area contributed by atoms with Gasteiger partial charge >= 0.3 is 0 Å². The molecule has 1 aromatic rings. The molecule has 1 saturated heterocycles. The number of aliphatic hydroxyl groups excluding tert-OH is 4. The molecule has 1 aliphatic rings. The summed E-state index contributed by atoms with van der Waals surface area (Å²) in [5.41, 5.74) is 3.55. The molecule has 11 heteroatoms. The van der Waals surface area contributed by atoms with E-state index in [0.717, 1.165) is 18.4 Å². The molecule has 4 atom stereocenters. The van der Waals surface area contributed by atoms with Crippen LogP contribution in [-0.2, 0) is 9.68 Å². The third-order valence-corrected chi connectivity index (χ3v) is 5.62. The number of rotatable bonds is 14. The summed E-state index contributed by atoms with van der Waals surface area (Å²) in [5.74, 6) is -0.760. The lowest BCUT2D eigenvalue weighted by Crippen LogP contribution is -2.44. The van der Waals surface area contributed by atoms with Gasteiger partial charge in [-0.15, -0.1) is 0 Å². The molecule has 0 aliphatic carbocycles. The number of aryl methyl sites for hydroxylation is 1. The average molecular weight is 498 g/mol. The van der Waals surface area contributed by atoms with Crippen molar-refractivity contribution in [1.29, 1.82) is 0 Å². The van der Waals surface area contributed by atoms with Crippen LogP contribution in [0.4, 0.5) is 0 Å². The van der Waals surface area contributed by atoms with Crippen LogP contribution in [0.3, 0.4) is 0 Å². The van der Waals surface area contributed by atoms with Gasteiger partial charge in [0.25, 0.3) is 11.8 Å². The molecule has 0 radical (unpaired) electrons. The van der Waals surface area contributed by atoms with Crippen LogP contribution in [0, 0.1) is 6.92 Å². The quantitative estimate of drug-likeness (QED) is 0.224. The molecule has 11 nitrogen and oxygen atoms in total. The van der Waals surface area contributed by atoms with Crippen molar-refractivity contribution in [3.63, 3.8) is 0 Å². The monoisotopic (exact) mass is 497 g/mol. The Morgan fingerprint density at radius 2 is 1.71 bits per heavy atom. The maximum atomic E-state index is 12.9. The highest BCUT2D eigenvalue weighted by Gasteiger charge is 2.28. The summed E-state index contributed by atoms with van der Waals surface area (Å²) in [4.78, 5) is 37.6. The second kappa shape index (κ2) is 14.4. The second-order valence-electron chi connectivity index (χ2n) is 8.87. The molecule has 2 amide bonds. The number of carbonyl (C=O) groups is 2. The topological polar surface area (TPSA) is 152 Å². The average Bonchev–Trinajstić information content (AvgIpc) is 3.25. The number of benzene rings is 1. The van der Waals surface area contributed by atoms with Gasteiger partial charge in [0.05, 0.1) is 19.3 Å². The molecule has 1 heterocycles. The van der Waals surface area contributed by atoms with Crippen molar-refractivity contribution in [2.45, 2.75) is 64.4 Å². The number of hydroxylamine groups is 3. The summed E-state index contributed by atoms with van der Waals surface area (Å²) in [5, 5.41) is 41.1. The van der Waals surface area contributed by atoms with E-state index < -0.39 is 36.9 Å². The molecular formula is C24H39N3O8. The zero-order valence-corrected chi connectivity index (χ0v) is 20.7. The molecule has 5 N–H and O–H groups in total. The summed E-state index contributed by atoms with van der Waals surface area (Å²) in [6.07, 6.45) is -2.75. The molecule has 1 aliphatic heterocycles. The normalized spacial score (nSPS) is 18.8. The van der Waals surface area contributed by atoms with E-state index >= 15 is 0 Å². The predicted octanol–water partition coefficient (Wildman–Crippen LogP) is -0.000480. The highest BCUT2D eigenvalue weighted by Crippen LogP contribution is 2.14. The van der Waals surface area contributed by atoms with E-state index in [4.69, 9.17) is 9.68 Å². The van der Waals surface area contributed by atoms with Crippen molar-refractivity contribution >= 4 is 11.8 Å². The summed E-state index contributed by atoms with van der Waals surface area (Å²) in [6.45, 7) is 7.09. The maximum Gasteiger partial charge on any atom is 0.274 e. The molecule has 1 fully saturated rings. The third kappa shape index (κ3) is 9.12. The van der Waals surface area contributed by atoms with E-state index in [1.807, 2.05) is 13.8 Å². The van der Waals surface area contributed by atoms with Crippen molar-refractivity contribution in [3.05, 3.63) is 34.9 Å². The molecule has 1 unspecified atom stereocenters. The summed E-state index contributed by atoms with van der Waals surface area (Å²) in [7, 11) is 0. The summed E-state index contributed by atoms with van der Waals surface area (Å²) >= 11 is 0. The van der Waals surface area contributed by atoms with E-state index in [2.05, 4.69) is 5.48 Å². The van der Waals surface area contributed by atoms with E-state index in [1.54, 1.807) is 24.0 Å². The van der Waals surface area contributed by atoms with Gasteiger partial charge in [-0.1, -0.05) is 13.8 Å². The maximum absolute atomic E-state index is 12.9. The van der Waals surface area contributed by atoms with Crippen LogP contribution in [0.25, 0.3) is 0 Å². The van der Waals surface area contributed by atoms with E-state index in [0.29, 0.717) is 38.2 Å². The van der Waals surface area contributed by atoms with Crippen LogP contribution in [0.5, 0.6) is 0 Å². The number of nitrogens with one attached hydrogen (secondary N) is 1. The molecule has 0 spiro atoms. The molecule has 0 aromatic heterocycles. The lowest BCUT2D eigenvalue weighted by molar-refractivity contribution is -0.191. The third-order valence-electron chi connectivity index (χ3n) is 5.62. The van der Waals surface area contributed by atoms with E-state index in [-0.39, 0.29) is 18.1 Å². The second-order valence-corrected chi connectivity index (χ2v) is 8.87.